The molecule has 0 bridgehead atoms. The first kappa shape index (κ1) is 12.3. The Bertz CT molecular complexity index is 88.6. The zero-order valence-electron chi connectivity index (χ0n) is 8.21. The molecule has 0 heterocycles. The van der Waals surface area contributed by atoms with Crippen molar-refractivity contribution in [2.24, 2.45) is 5.73 Å². The van der Waals surface area contributed by atoms with Gasteiger partial charge in [0, 0.05) is 18.4 Å². The van der Waals surface area contributed by atoms with Crippen LogP contribution in [0.5, 0.6) is 0 Å². The van der Waals surface area contributed by atoms with E-state index in [0.29, 0.717) is 6.04 Å². The summed E-state index contributed by atoms with van der Waals surface area (Å²) >= 11 is 1.93. The van der Waals surface area contributed by atoms with Crippen LogP contribution in [0, 0.1) is 0 Å². The summed E-state index contributed by atoms with van der Waals surface area (Å²) < 4.78 is 5.34. The van der Waals surface area contributed by atoms with Gasteiger partial charge in [-0.3, -0.25) is 0 Å². The Kier molecular flexibility index (Phi) is 9.57. The molecular weight excluding hydrogens is 170 g/mol. The molecule has 1 atom stereocenters. The van der Waals surface area contributed by atoms with Gasteiger partial charge in [-0.1, -0.05) is 6.92 Å². The molecule has 2 N–H and O–H groups in total. The Morgan fingerprint density at radius 3 is 2.67 bits per heavy atom. The van der Waals surface area contributed by atoms with Gasteiger partial charge in [0.1, 0.15) is 0 Å². The van der Waals surface area contributed by atoms with Gasteiger partial charge in [-0.05, 0) is 25.5 Å². The monoisotopic (exact) mass is 191 g/mol. The highest BCUT2D eigenvalue weighted by Gasteiger charge is 1.94. The fourth-order valence-corrected chi connectivity index (χ4v) is 1.71. The number of thioether (sulfide) groups is 1. The van der Waals surface area contributed by atoms with E-state index in [1.54, 1.807) is 0 Å². The Morgan fingerprint density at radius 2 is 2.08 bits per heavy atom. The summed E-state index contributed by atoms with van der Waals surface area (Å²) in [5.41, 5.74) is 5.61. The first-order chi connectivity index (χ1) is 5.77. The van der Waals surface area contributed by atoms with Crippen molar-refractivity contribution in [1.82, 2.24) is 0 Å². The Morgan fingerprint density at radius 1 is 1.33 bits per heavy atom. The minimum absolute atomic E-state index is 0.342. The van der Waals surface area contributed by atoms with Crippen molar-refractivity contribution in [3.63, 3.8) is 0 Å². The Hall–Kier alpha value is 0.270. The first-order valence-corrected chi connectivity index (χ1v) is 5.84. The highest BCUT2D eigenvalue weighted by Crippen LogP contribution is 2.03. The minimum Gasteiger partial charge on any atom is -0.381 e. The van der Waals surface area contributed by atoms with Crippen molar-refractivity contribution in [1.29, 1.82) is 0 Å². The van der Waals surface area contributed by atoms with Crippen molar-refractivity contribution in [3.05, 3.63) is 0 Å². The molecule has 2 nitrogen and oxygen atoms in total. The lowest BCUT2D eigenvalue weighted by Crippen LogP contribution is -2.15. The molecule has 0 fully saturated rings. The van der Waals surface area contributed by atoms with E-state index in [9.17, 15) is 0 Å². The number of nitrogens with two attached hydrogens (primary N) is 1. The predicted molar refractivity (Wildman–Crippen MR) is 56.7 cm³/mol. The van der Waals surface area contributed by atoms with Gasteiger partial charge in [0.05, 0.1) is 6.61 Å². The summed E-state index contributed by atoms with van der Waals surface area (Å²) in [6.07, 6.45) is 2.23. The highest BCUT2D eigenvalue weighted by atomic mass is 32.2. The number of rotatable bonds is 8. The van der Waals surface area contributed by atoms with E-state index in [2.05, 4.69) is 6.92 Å². The summed E-state index contributed by atoms with van der Waals surface area (Å²) in [5.74, 6) is 2.26. The van der Waals surface area contributed by atoms with Crippen molar-refractivity contribution in [2.45, 2.75) is 32.7 Å². The topological polar surface area (TPSA) is 35.2 Å². The third kappa shape index (κ3) is 10.3. The number of ether oxygens (including phenoxy) is 1. The Labute approximate surface area is 80.2 Å². The van der Waals surface area contributed by atoms with E-state index in [-0.39, 0.29) is 0 Å². The molecule has 0 spiro atoms. The smallest absolute Gasteiger partial charge is 0.0556 e. The molecule has 0 aliphatic rings. The quantitative estimate of drug-likeness (QED) is 0.595. The lowest BCUT2D eigenvalue weighted by Gasteiger charge is -2.04. The third-order valence-electron chi connectivity index (χ3n) is 1.44. The fourth-order valence-electron chi connectivity index (χ4n) is 0.736. The molecule has 0 aromatic carbocycles. The van der Waals surface area contributed by atoms with Crippen LogP contribution in [-0.4, -0.2) is 30.8 Å². The van der Waals surface area contributed by atoms with E-state index in [0.717, 1.165) is 37.6 Å². The molecular formula is C9H21NOS. The summed E-state index contributed by atoms with van der Waals surface area (Å²) in [4.78, 5) is 0. The van der Waals surface area contributed by atoms with Crippen LogP contribution in [-0.2, 0) is 4.74 Å². The molecule has 0 aliphatic carbocycles. The summed E-state index contributed by atoms with van der Waals surface area (Å²) in [7, 11) is 0. The van der Waals surface area contributed by atoms with Crippen LogP contribution in [0.25, 0.3) is 0 Å². The molecule has 0 radical (unpaired) electrons. The maximum atomic E-state index is 5.61. The van der Waals surface area contributed by atoms with E-state index in [1.165, 1.54) is 0 Å². The van der Waals surface area contributed by atoms with E-state index >= 15 is 0 Å². The molecule has 1 unspecified atom stereocenters. The average Bonchev–Trinajstić information content (AvgIpc) is 2.02. The van der Waals surface area contributed by atoms with Gasteiger partial charge in [-0.25, -0.2) is 0 Å². The molecule has 12 heavy (non-hydrogen) atoms. The zero-order chi connectivity index (χ0) is 9.23. The van der Waals surface area contributed by atoms with Crippen molar-refractivity contribution in [3.8, 4) is 0 Å². The van der Waals surface area contributed by atoms with Crippen molar-refractivity contribution >= 4 is 11.8 Å². The average molecular weight is 191 g/mol. The molecule has 0 aliphatic heterocycles. The standard InChI is InChI=1S/C9H21NOS/c1-3-5-11-6-8-12-7-4-9(2)10/h9H,3-8,10H2,1-2H3. The lowest BCUT2D eigenvalue weighted by atomic mass is 10.3. The van der Waals surface area contributed by atoms with Gasteiger partial charge in [-0.15, -0.1) is 0 Å². The normalized spacial score (nSPS) is 13.2. The van der Waals surface area contributed by atoms with Crippen LogP contribution in [0.3, 0.4) is 0 Å². The van der Waals surface area contributed by atoms with Crippen molar-refractivity contribution < 1.29 is 4.74 Å². The van der Waals surface area contributed by atoms with E-state index < -0.39 is 0 Å². The molecule has 0 aromatic rings. The molecule has 0 saturated heterocycles. The summed E-state index contributed by atoms with van der Waals surface area (Å²) in [5, 5.41) is 0. The molecule has 0 amide bonds. The third-order valence-corrected chi connectivity index (χ3v) is 2.42. The van der Waals surface area contributed by atoms with Crippen LogP contribution in [0.1, 0.15) is 26.7 Å². The summed E-state index contributed by atoms with van der Waals surface area (Å²) in [6, 6.07) is 0.342. The fraction of sp³-hybridized carbons (Fsp3) is 1.00. The predicted octanol–water partition coefficient (Wildman–Crippen LogP) is 1.88. The number of hydrogen-bond acceptors (Lipinski definition) is 3. The molecule has 74 valence electrons. The maximum absolute atomic E-state index is 5.61. The van der Waals surface area contributed by atoms with E-state index in [1.807, 2.05) is 18.7 Å². The second-order valence-corrected chi connectivity index (χ2v) is 4.22. The van der Waals surface area contributed by atoms with Crippen molar-refractivity contribution in [2.75, 3.05) is 24.7 Å². The second-order valence-electron chi connectivity index (χ2n) is 2.99. The Balaban J connectivity index is 2.82. The molecule has 3 heteroatoms. The van der Waals surface area contributed by atoms with Gasteiger partial charge < -0.3 is 10.5 Å². The van der Waals surface area contributed by atoms with Gasteiger partial charge in [0.15, 0.2) is 0 Å². The van der Waals surface area contributed by atoms with Gasteiger partial charge in [0.25, 0.3) is 0 Å². The maximum Gasteiger partial charge on any atom is 0.0556 e. The van der Waals surface area contributed by atoms with Crippen LogP contribution in [0.15, 0.2) is 0 Å². The molecule has 0 saturated carbocycles. The van der Waals surface area contributed by atoms with Gasteiger partial charge >= 0.3 is 0 Å². The second kappa shape index (κ2) is 9.36. The van der Waals surface area contributed by atoms with E-state index in [4.69, 9.17) is 10.5 Å². The minimum atomic E-state index is 0.342. The SMILES string of the molecule is CCCOCCSCCC(C)N. The molecule has 0 aromatic heterocycles. The molecule has 0 rings (SSSR count). The van der Waals surface area contributed by atoms with Crippen LogP contribution < -0.4 is 5.73 Å². The van der Waals surface area contributed by atoms with Crippen LogP contribution in [0.4, 0.5) is 0 Å². The summed E-state index contributed by atoms with van der Waals surface area (Å²) in [6.45, 7) is 5.96. The van der Waals surface area contributed by atoms with Crippen LogP contribution >= 0.6 is 11.8 Å². The number of hydrogen-bond donors (Lipinski definition) is 1. The van der Waals surface area contributed by atoms with Gasteiger partial charge in [0.2, 0.25) is 0 Å². The van der Waals surface area contributed by atoms with Crippen LogP contribution in [0.2, 0.25) is 0 Å². The highest BCUT2D eigenvalue weighted by molar-refractivity contribution is 7.99. The largest absolute Gasteiger partial charge is 0.381 e. The first-order valence-electron chi connectivity index (χ1n) is 4.68. The lowest BCUT2D eigenvalue weighted by molar-refractivity contribution is 0.151. The zero-order valence-corrected chi connectivity index (χ0v) is 9.03. The van der Waals surface area contributed by atoms with Gasteiger partial charge in [-0.2, -0.15) is 11.8 Å².